The van der Waals surface area contributed by atoms with Gasteiger partial charge in [-0.15, -0.1) is 0 Å². The van der Waals surface area contributed by atoms with Crippen molar-refractivity contribution in [2.45, 2.75) is 24.9 Å². The molecule has 1 aliphatic heterocycles. The van der Waals surface area contributed by atoms with Gasteiger partial charge in [0.05, 0.1) is 17.7 Å². The van der Waals surface area contributed by atoms with Crippen LogP contribution in [0.25, 0.3) is 0 Å². The molecule has 0 bridgehead atoms. The molecule has 0 spiro atoms. The van der Waals surface area contributed by atoms with Crippen LogP contribution in [0.4, 0.5) is 5.69 Å². The summed E-state index contributed by atoms with van der Waals surface area (Å²) in [5, 5.41) is 3.57. The number of halogens is 1. The SMILES string of the molecule is O=C(Nc1cc(Cl)ccc1OCC1CCCO1)C(c1ccccc1)c1ccccc1. The lowest BCUT2D eigenvalue weighted by molar-refractivity contribution is -0.116. The van der Waals surface area contributed by atoms with Crippen molar-refractivity contribution in [2.75, 3.05) is 18.5 Å². The number of amides is 1. The van der Waals surface area contributed by atoms with Crippen molar-refractivity contribution >= 4 is 23.2 Å². The average Bonchev–Trinajstić information content (AvgIpc) is 3.29. The van der Waals surface area contributed by atoms with Crippen LogP contribution in [0.3, 0.4) is 0 Å². The normalized spacial score (nSPS) is 15.9. The number of benzene rings is 3. The summed E-state index contributed by atoms with van der Waals surface area (Å²) in [4.78, 5) is 13.4. The molecule has 4 nitrogen and oxygen atoms in total. The molecular weight excluding hydrogens is 398 g/mol. The molecule has 0 radical (unpaired) electrons. The van der Waals surface area contributed by atoms with Crippen molar-refractivity contribution in [3.05, 3.63) is 95.0 Å². The van der Waals surface area contributed by atoms with Crippen molar-refractivity contribution in [3.63, 3.8) is 0 Å². The second-order valence-electron chi connectivity index (χ2n) is 7.33. The third-order valence-electron chi connectivity index (χ3n) is 5.18. The van der Waals surface area contributed by atoms with Gasteiger partial charge in [0.1, 0.15) is 12.4 Å². The van der Waals surface area contributed by atoms with Gasteiger partial charge in [-0.2, -0.15) is 0 Å². The molecule has 1 amide bonds. The molecule has 1 aliphatic rings. The van der Waals surface area contributed by atoms with Crippen LogP contribution in [0.1, 0.15) is 29.9 Å². The first-order chi connectivity index (χ1) is 14.7. The van der Waals surface area contributed by atoms with Crippen molar-refractivity contribution < 1.29 is 14.3 Å². The van der Waals surface area contributed by atoms with Gasteiger partial charge in [0, 0.05) is 11.6 Å². The molecular formula is C25H24ClNO3. The molecule has 1 N–H and O–H groups in total. The van der Waals surface area contributed by atoms with E-state index < -0.39 is 5.92 Å². The van der Waals surface area contributed by atoms with Gasteiger partial charge in [-0.25, -0.2) is 0 Å². The average molecular weight is 422 g/mol. The molecule has 1 unspecified atom stereocenters. The van der Waals surface area contributed by atoms with E-state index in [9.17, 15) is 4.79 Å². The maximum absolute atomic E-state index is 13.4. The van der Waals surface area contributed by atoms with Crippen molar-refractivity contribution in [1.29, 1.82) is 0 Å². The van der Waals surface area contributed by atoms with Gasteiger partial charge in [-0.3, -0.25) is 4.79 Å². The quantitative estimate of drug-likeness (QED) is 0.534. The number of carbonyl (C=O) groups is 1. The lowest BCUT2D eigenvalue weighted by Crippen LogP contribution is -2.23. The number of nitrogens with one attached hydrogen (secondary N) is 1. The molecule has 0 aromatic heterocycles. The number of hydrogen-bond acceptors (Lipinski definition) is 3. The van der Waals surface area contributed by atoms with Crippen LogP contribution in [-0.2, 0) is 9.53 Å². The van der Waals surface area contributed by atoms with Gasteiger partial charge in [-0.05, 0) is 42.2 Å². The minimum atomic E-state index is -0.447. The highest BCUT2D eigenvalue weighted by atomic mass is 35.5. The Bertz CT molecular complexity index is 933. The Morgan fingerprint density at radius 1 is 1.03 bits per heavy atom. The van der Waals surface area contributed by atoms with Gasteiger partial charge in [-0.1, -0.05) is 72.3 Å². The highest BCUT2D eigenvalue weighted by Gasteiger charge is 2.24. The fourth-order valence-corrected chi connectivity index (χ4v) is 3.85. The monoisotopic (exact) mass is 421 g/mol. The Kier molecular flexibility index (Phi) is 6.67. The van der Waals surface area contributed by atoms with Gasteiger partial charge < -0.3 is 14.8 Å². The molecule has 1 atom stereocenters. The first-order valence-corrected chi connectivity index (χ1v) is 10.5. The smallest absolute Gasteiger partial charge is 0.236 e. The van der Waals surface area contributed by atoms with Crippen LogP contribution >= 0.6 is 11.6 Å². The summed E-state index contributed by atoms with van der Waals surface area (Å²) in [5.74, 6) is -0.00264. The van der Waals surface area contributed by atoms with E-state index in [0.29, 0.717) is 23.1 Å². The van der Waals surface area contributed by atoms with Crippen LogP contribution in [0.5, 0.6) is 5.75 Å². The van der Waals surface area contributed by atoms with Crippen LogP contribution < -0.4 is 10.1 Å². The second-order valence-corrected chi connectivity index (χ2v) is 7.77. The molecule has 154 valence electrons. The van der Waals surface area contributed by atoms with E-state index >= 15 is 0 Å². The predicted octanol–water partition coefficient (Wildman–Crippen LogP) is 5.67. The Labute approximate surface area is 181 Å². The highest BCUT2D eigenvalue weighted by Crippen LogP contribution is 2.32. The molecule has 4 rings (SSSR count). The predicted molar refractivity (Wildman–Crippen MR) is 119 cm³/mol. The van der Waals surface area contributed by atoms with Crippen molar-refractivity contribution in [1.82, 2.24) is 0 Å². The van der Waals surface area contributed by atoms with E-state index in [1.54, 1.807) is 18.2 Å². The maximum atomic E-state index is 13.4. The summed E-state index contributed by atoms with van der Waals surface area (Å²) < 4.78 is 11.6. The molecule has 30 heavy (non-hydrogen) atoms. The van der Waals surface area contributed by atoms with Gasteiger partial charge in [0.25, 0.3) is 0 Å². The Hall–Kier alpha value is -2.82. The molecule has 1 heterocycles. The van der Waals surface area contributed by atoms with Gasteiger partial charge in [0.2, 0.25) is 5.91 Å². The van der Waals surface area contributed by atoms with Gasteiger partial charge >= 0.3 is 0 Å². The third-order valence-corrected chi connectivity index (χ3v) is 5.41. The minimum absolute atomic E-state index is 0.0885. The van der Waals surface area contributed by atoms with Gasteiger partial charge in [0.15, 0.2) is 0 Å². The van der Waals surface area contributed by atoms with E-state index in [2.05, 4.69) is 5.32 Å². The molecule has 3 aromatic rings. The van der Waals surface area contributed by atoms with E-state index in [1.165, 1.54) is 0 Å². The highest BCUT2D eigenvalue weighted by molar-refractivity contribution is 6.31. The zero-order chi connectivity index (χ0) is 20.8. The molecule has 5 heteroatoms. The Morgan fingerprint density at radius 2 is 1.70 bits per heavy atom. The van der Waals surface area contributed by atoms with E-state index in [1.807, 2.05) is 60.7 Å². The number of anilines is 1. The summed E-state index contributed by atoms with van der Waals surface area (Å²) in [6.45, 7) is 1.22. The summed E-state index contributed by atoms with van der Waals surface area (Å²) >= 11 is 6.21. The van der Waals surface area contributed by atoms with Crippen LogP contribution in [-0.4, -0.2) is 25.2 Å². The fourth-order valence-electron chi connectivity index (χ4n) is 3.68. The van der Waals surface area contributed by atoms with Crippen molar-refractivity contribution in [3.8, 4) is 5.75 Å². The fraction of sp³-hybridized carbons (Fsp3) is 0.240. The molecule has 0 aliphatic carbocycles. The first-order valence-electron chi connectivity index (χ1n) is 10.2. The molecule has 3 aromatic carbocycles. The summed E-state index contributed by atoms with van der Waals surface area (Å²) in [5.41, 5.74) is 2.40. The lowest BCUT2D eigenvalue weighted by Gasteiger charge is -2.20. The Morgan fingerprint density at radius 3 is 2.30 bits per heavy atom. The van der Waals surface area contributed by atoms with E-state index in [4.69, 9.17) is 21.1 Å². The van der Waals surface area contributed by atoms with Crippen LogP contribution in [0.15, 0.2) is 78.9 Å². The van der Waals surface area contributed by atoms with Crippen LogP contribution in [0, 0.1) is 0 Å². The largest absolute Gasteiger partial charge is 0.489 e. The van der Waals surface area contributed by atoms with Crippen molar-refractivity contribution in [2.24, 2.45) is 0 Å². The first kappa shape index (κ1) is 20.5. The topological polar surface area (TPSA) is 47.6 Å². The lowest BCUT2D eigenvalue weighted by atomic mass is 9.90. The number of ether oxygens (including phenoxy) is 2. The third kappa shape index (κ3) is 5.02. The molecule has 1 saturated heterocycles. The van der Waals surface area contributed by atoms with E-state index in [-0.39, 0.29) is 12.0 Å². The maximum Gasteiger partial charge on any atom is 0.236 e. The summed E-state index contributed by atoms with van der Waals surface area (Å²) in [6, 6.07) is 24.7. The summed E-state index contributed by atoms with van der Waals surface area (Å²) in [6.07, 6.45) is 2.12. The second kappa shape index (κ2) is 9.79. The van der Waals surface area contributed by atoms with E-state index in [0.717, 1.165) is 30.6 Å². The number of carbonyl (C=O) groups excluding carboxylic acids is 1. The Balaban J connectivity index is 1.58. The number of hydrogen-bond donors (Lipinski definition) is 1. The zero-order valence-corrected chi connectivity index (χ0v) is 17.3. The van der Waals surface area contributed by atoms with Crippen LogP contribution in [0.2, 0.25) is 5.02 Å². The minimum Gasteiger partial charge on any atom is -0.489 e. The zero-order valence-electron chi connectivity index (χ0n) is 16.6. The molecule has 0 saturated carbocycles. The standard InChI is InChI=1S/C25H24ClNO3/c26-20-13-14-23(30-17-21-12-7-15-29-21)22(16-20)27-25(28)24(18-8-3-1-4-9-18)19-10-5-2-6-11-19/h1-6,8-11,13-14,16,21,24H,7,12,15,17H2,(H,27,28). The number of rotatable bonds is 7. The molecule has 1 fully saturated rings. The summed E-state index contributed by atoms with van der Waals surface area (Å²) in [7, 11) is 0.